The molecule has 0 radical (unpaired) electrons. The molecule has 4 aromatic carbocycles. The number of amides is 2. The molecule has 8 nitrogen and oxygen atoms in total. The molecular formula is C37H40ClN3O5S. The summed E-state index contributed by atoms with van der Waals surface area (Å²) in [6, 6.07) is 30.3. The summed E-state index contributed by atoms with van der Waals surface area (Å²) < 4.78 is 34.7. The lowest BCUT2D eigenvalue weighted by atomic mass is 9.94. The Morgan fingerprint density at radius 3 is 2.11 bits per heavy atom. The van der Waals surface area contributed by atoms with Crippen LogP contribution in [0.15, 0.2) is 114 Å². The first kappa shape index (κ1) is 34.0. The van der Waals surface area contributed by atoms with Crippen molar-refractivity contribution in [2.24, 2.45) is 0 Å². The van der Waals surface area contributed by atoms with E-state index in [0.717, 1.165) is 42.0 Å². The molecule has 0 bridgehead atoms. The molecule has 1 aliphatic carbocycles. The number of halogens is 1. The predicted octanol–water partition coefficient (Wildman–Crippen LogP) is 6.63. The van der Waals surface area contributed by atoms with Crippen molar-refractivity contribution in [3.63, 3.8) is 0 Å². The van der Waals surface area contributed by atoms with E-state index in [4.69, 9.17) is 16.3 Å². The van der Waals surface area contributed by atoms with E-state index in [2.05, 4.69) is 5.32 Å². The summed E-state index contributed by atoms with van der Waals surface area (Å²) in [4.78, 5) is 30.3. The number of sulfonamides is 1. The molecule has 0 saturated heterocycles. The van der Waals surface area contributed by atoms with Gasteiger partial charge in [0.2, 0.25) is 11.8 Å². The number of carbonyl (C=O) groups is 2. The van der Waals surface area contributed by atoms with Crippen molar-refractivity contribution in [3.05, 3.63) is 125 Å². The number of hydrogen-bond donors (Lipinski definition) is 1. The molecule has 4 aromatic rings. The molecule has 0 heterocycles. The van der Waals surface area contributed by atoms with Gasteiger partial charge in [-0.05, 0) is 66.4 Å². The molecule has 1 atom stereocenters. The van der Waals surface area contributed by atoms with Gasteiger partial charge in [0.1, 0.15) is 18.3 Å². The Hall–Kier alpha value is -4.34. The monoisotopic (exact) mass is 673 g/mol. The largest absolute Gasteiger partial charge is 0.497 e. The molecule has 5 rings (SSSR count). The number of hydrogen-bond acceptors (Lipinski definition) is 5. The van der Waals surface area contributed by atoms with Crippen molar-refractivity contribution in [2.45, 2.75) is 62.0 Å². The molecule has 0 aliphatic heterocycles. The van der Waals surface area contributed by atoms with Gasteiger partial charge in [-0.1, -0.05) is 97.6 Å². The standard InChI is InChI=1S/C37H40ClN3O5S/c1-46-32-21-23-33(24-22-32)47(44,45)41(31-18-9-4-10-19-31)27-36(42)40(26-29-15-11-12-20-34(29)38)35(25-28-13-5-2-6-14-28)37(43)39-30-16-7-3-8-17-30/h2,4-6,9-15,18-24,30,35H,3,7-8,16-17,25-27H2,1H3,(H,39,43)/t35-/m0/s1. The SMILES string of the molecule is COc1ccc(S(=O)(=O)N(CC(=O)N(Cc2ccccc2Cl)[C@@H](Cc2ccccc2)C(=O)NC2CCCCC2)c2ccccc2)cc1. The van der Waals surface area contributed by atoms with Crippen LogP contribution in [-0.4, -0.2) is 50.9 Å². The minimum Gasteiger partial charge on any atom is -0.497 e. The van der Waals surface area contributed by atoms with Crippen molar-refractivity contribution < 1.29 is 22.7 Å². The number of rotatable bonds is 13. The number of ether oxygens (including phenoxy) is 1. The summed E-state index contributed by atoms with van der Waals surface area (Å²) in [7, 11) is -2.71. The van der Waals surface area contributed by atoms with Gasteiger partial charge in [-0.2, -0.15) is 0 Å². The van der Waals surface area contributed by atoms with Gasteiger partial charge in [-0.25, -0.2) is 8.42 Å². The minimum atomic E-state index is -4.21. The molecule has 0 unspecified atom stereocenters. The second kappa shape index (κ2) is 16.0. The molecule has 10 heteroatoms. The first-order valence-electron chi connectivity index (χ1n) is 15.9. The molecule has 47 heavy (non-hydrogen) atoms. The summed E-state index contributed by atoms with van der Waals surface area (Å²) in [6.07, 6.45) is 5.20. The summed E-state index contributed by atoms with van der Waals surface area (Å²) in [5, 5.41) is 3.66. The molecule has 1 N–H and O–H groups in total. The second-order valence-corrected chi connectivity index (χ2v) is 14.0. The first-order chi connectivity index (χ1) is 22.8. The van der Waals surface area contributed by atoms with Gasteiger partial charge < -0.3 is 15.0 Å². The highest BCUT2D eigenvalue weighted by Gasteiger charge is 2.35. The minimum absolute atomic E-state index is 0.00323. The zero-order valence-electron chi connectivity index (χ0n) is 26.4. The molecule has 1 fully saturated rings. The van der Waals surface area contributed by atoms with Crippen LogP contribution in [-0.2, 0) is 32.6 Å². The van der Waals surface area contributed by atoms with E-state index in [1.54, 1.807) is 54.6 Å². The maximum atomic E-state index is 14.6. The maximum Gasteiger partial charge on any atom is 0.264 e. The number of nitrogens with zero attached hydrogens (tertiary/aromatic N) is 2. The Morgan fingerprint density at radius 2 is 1.47 bits per heavy atom. The van der Waals surface area contributed by atoms with Crippen LogP contribution in [0.3, 0.4) is 0 Å². The van der Waals surface area contributed by atoms with Gasteiger partial charge in [-0.3, -0.25) is 13.9 Å². The van der Waals surface area contributed by atoms with Crippen molar-refractivity contribution in [1.82, 2.24) is 10.2 Å². The van der Waals surface area contributed by atoms with Crippen molar-refractivity contribution in [3.8, 4) is 5.75 Å². The maximum absolute atomic E-state index is 14.6. The van der Waals surface area contributed by atoms with E-state index < -0.39 is 28.5 Å². The number of nitrogens with one attached hydrogen (secondary N) is 1. The third-order valence-corrected chi connectivity index (χ3v) is 10.6. The molecule has 246 valence electrons. The second-order valence-electron chi connectivity index (χ2n) is 11.7. The Kier molecular flexibility index (Phi) is 11.6. The normalized spacial score (nSPS) is 14.2. The third kappa shape index (κ3) is 8.73. The first-order valence-corrected chi connectivity index (χ1v) is 17.7. The number of methoxy groups -OCH3 is 1. The molecule has 1 saturated carbocycles. The summed E-state index contributed by atoms with van der Waals surface area (Å²) in [5.41, 5.74) is 1.84. The average Bonchev–Trinajstić information content (AvgIpc) is 3.10. The van der Waals surface area contributed by atoms with E-state index in [1.165, 1.54) is 24.1 Å². The number of carbonyl (C=O) groups excluding carboxylic acids is 2. The fourth-order valence-electron chi connectivity index (χ4n) is 5.91. The van der Waals surface area contributed by atoms with Crippen LogP contribution in [0.5, 0.6) is 5.75 Å². The van der Waals surface area contributed by atoms with Crippen LogP contribution in [0, 0.1) is 0 Å². The van der Waals surface area contributed by atoms with Crippen molar-refractivity contribution in [1.29, 1.82) is 0 Å². The van der Waals surface area contributed by atoms with Gasteiger partial charge in [0.15, 0.2) is 0 Å². The number of benzene rings is 4. The smallest absolute Gasteiger partial charge is 0.264 e. The highest BCUT2D eigenvalue weighted by atomic mass is 35.5. The third-order valence-electron chi connectivity index (χ3n) is 8.49. The van der Waals surface area contributed by atoms with Crippen LogP contribution >= 0.6 is 11.6 Å². The zero-order valence-corrected chi connectivity index (χ0v) is 28.0. The Morgan fingerprint density at radius 1 is 0.851 bits per heavy atom. The van der Waals surface area contributed by atoms with Crippen molar-refractivity contribution >= 4 is 39.1 Å². The molecular weight excluding hydrogens is 634 g/mol. The fraction of sp³-hybridized carbons (Fsp3) is 0.297. The Labute approximate surface area is 282 Å². The highest BCUT2D eigenvalue weighted by molar-refractivity contribution is 7.92. The summed E-state index contributed by atoms with van der Waals surface area (Å²) >= 11 is 6.60. The van der Waals surface area contributed by atoms with Crippen molar-refractivity contribution in [2.75, 3.05) is 18.0 Å². The van der Waals surface area contributed by atoms with Crippen LogP contribution in [0.4, 0.5) is 5.69 Å². The summed E-state index contributed by atoms with van der Waals surface area (Å²) in [5.74, 6) is -0.305. The van der Waals surface area contributed by atoms with Gasteiger partial charge >= 0.3 is 0 Å². The predicted molar refractivity (Wildman–Crippen MR) is 185 cm³/mol. The van der Waals surface area contributed by atoms with Crippen LogP contribution in [0.25, 0.3) is 0 Å². The molecule has 2 amide bonds. The number of para-hydroxylation sites is 1. The average molecular weight is 674 g/mol. The van der Waals surface area contributed by atoms with E-state index in [1.807, 2.05) is 42.5 Å². The lowest BCUT2D eigenvalue weighted by Crippen LogP contribution is -2.55. The van der Waals surface area contributed by atoms with Gasteiger partial charge in [-0.15, -0.1) is 0 Å². The van der Waals surface area contributed by atoms with Gasteiger partial charge in [0.25, 0.3) is 10.0 Å². The van der Waals surface area contributed by atoms with Gasteiger partial charge in [0, 0.05) is 24.0 Å². The van der Waals surface area contributed by atoms with Crippen LogP contribution in [0.2, 0.25) is 5.02 Å². The fourth-order valence-corrected chi connectivity index (χ4v) is 7.52. The quantitative estimate of drug-likeness (QED) is 0.172. The lowest BCUT2D eigenvalue weighted by Gasteiger charge is -2.35. The molecule has 0 spiro atoms. The lowest BCUT2D eigenvalue weighted by molar-refractivity contribution is -0.140. The molecule has 1 aliphatic rings. The summed E-state index contributed by atoms with van der Waals surface area (Å²) in [6.45, 7) is -0.524. The van der Waals surface area contributed by atoms with Crippen LogP contribution in [0.1, 0.15) is 43.2 Å². The number of anilines is 1. The van der Waals surface area contributed by atoms with Crippen LogP contribution < -0.4 is 14.4 Å². The van der Waals surface area contributed by atoms with Gasteiger partial charge in [0.05, 0.1) is 17.7 Å². The van der Waals surface area contributed by atoms with E-state index in [0.29, 0.717) is 22.0 Å². The van der Waals surface area contributed by atoms with E-state index >= 15 is 0 Å². The van der Waals surface area contributed by atoms with E-state index in [-0.39, 0.29) is 29.8 Å². The molecule has 0 aromatic heterocycles. The topological polar surface area (TPSA) is 96.0 Å². The Bertz CT molecular complexity index is 1730. The Balaban J connectivity index is 1.55. The zero-order chi connectivity index (χ0) is 33.2. The van der Waals surface area contributed by atoms with E-state index in [9.17, 15) is 18.0 Å². The highest BCUT2D eigenvalue weighted by Crippen LogP contribution is 2.27.